The second-order valence-electron chi connectivity index (χ2n) is 7.81. The first-order valence-corrected chi connectivity index (χ1v) is 10.9. The van der Waals surface area contributed by atoms with Gasteiger partial charge in [0.1, 0.15) is 12.4 Å². The number of methoxy groups -OCH3 is 1. The quantitative estimate of drug-likeness (QED) is 0.450. The molecule has 0 aliphatic heterocycles. The van der Waals surface area contributed by atoms with E-state index in [1.165, 1.54) is 5.56 Å². The monoisotopic (exact) mass is 447 g/mol. The second-order valence-corrected chi connectivity index (χ2v) is 7.81. The van der Waals surface area contributed by atoms with Gasteiger partial charge in [-0.15, -0.1) is 0 Å². The van der Waals surface area contributed by atoms with Gasteiger partial charge in [-0.05, 0) is 53.3 Å². The number of amides is 1. The molecule has 3 aromatic rings. The molecule has 1 unspecified atom stereocenters. The van der Waals surface area contributed by atoms with Crippen molar-refractivity contribution < 1.29 is 24.2 Å². The molecule has 3 aromatic carbocycles. The lowest BCUT2D eigenvalue weighted by molar-refractivity contribution is -0.138. The highest BCUT2D eigenvalue weighted by atomic mass is 16.5. The smallest absolute Gasteiger partial charge is 0.407 e. The van der Waals surface area contributed by atoms with Crippen LogP contribution in [0.4, 0.5) is 4.79 Å². The topological polar surface area (TPSA) is 84.9 Å². The van der Waals surface area contributed by atoms with E-state index in [0.29, 0.717) is 5.75 Å². The number of alkyl carbamates (subject to hydrolysis) is 1. The average Bonchev–Trinajstić information content (AvgIpc) is 2.85. The number of ether oxygens (including phenoxy) is 2. The molecule has 3 rings (SSSR count). The predicted molar refractivity (Wildman–Crippen MR) is 127 cm³/mol. The Morgan fingerprint density at radius 1 is 0.970 bits per heavy atom. The van der Waals surface area contributed by atoms with Crippen LogP contribution in [0, 0.1) is 0 Å². The van der Waals surface area contributed by atoms with Crippen molar-refractivity contribution in [2.24, 2.45) is 0 Å². The molecule has 33 heavy (non-hydrogen) atoms. The molecule has 0 aliphatic rings. The van der Waals surface area contributed by atoms with Gasteiger partial charge in [0.2, 0.25) is 0 Å². The van der Waals surface area contributed by atoms with Gasteiger partial charge in [0.25, 0.3) is 0 Å². The molecule has 0 bridgehead atoms. The summed E-state index contributed by atoms with van der Waals surface area (Å²) in [5.74, 6) is -0.826. The summed E-state index contributed by atoms with van der Waals surface area (Å²) in [7, 11) is 1.58. The number of aryl methyl sites for hydroxylation is 1. The summed E-state index contributed by atoms with van der Waals surface area (Å²) in [6.07, 6.45) is 0.449. The van der Waals surface area contributed by atoms with Crippen LogP contribution >= 0.6 is 0 Å². The van der Waals surface area contributed by atoms with E-state index in [4.69, 9.17) is 9.47 Å². The average molecular weight is 448 g/mol. The maximum absolute atomic E-state index is 12.2. The van der Waals surface area contributed by atoms with E-state index in [9.17, 15) is 14.7 Å². The molecule has 0 radical (unpaired) electrons. The number of carbonyl (C=O) groups is 2. The van der Waals surface area contributed by atoms with Crippen molar-refractivity contribution in [3.05, 3.63) is 89.0 Å². The van der Waals surface area contributed by atoms with Crippen LogP contribution in [-0.2, 0) is 29.1 Å². The van der Waals surface area contributed by atoms with Crippen LogP contribution in [-0.4, -0.2) is 24.3 Å². The van der Waals surface area contributed by atoms with E-state index in [-0.39, 0.29) is 13.2 Å². The van der Waals surface area contributed by atoms with Crippen molar-refractivity contribution in [1.82, 2.24) is 5.32 Å². The zero-order valence-electron chi connectivity index (χ0n) is 19.1. The highest BCUT2D eigenvalue weighted by molar-refractivity contribution is 5.77. The lowest BCUT2D eigenvalue weighted by atomic mass is 9.95. The second kappa shape index (κ2) is 11.2. The molecular formula is C27H29NO5. The Hall–Kier alpha value is -3.80. The van der Waals surface area contributed by atoms with Gasteiger partial charge in [0.15, 0.2) is 0 Å². The number of nitrogens with one attached hydrogen (secondary N) is 1. The highest BCUT2D eigenvalue weighted by Gasteiger charge is 2.15. The van der Waals surface area contributed by atoms with Crippen LogP contribution in [0.25, 0.3) is 11.1 Å². The van der Waals surface area contributed by atoms with E-state index < -0.39 is 18.0 Å². The van der Waals surface area contributed by atoms with E-state index in [2.05, 4.69) is 12.2 Å². The molecule has 0 fully saturated rings. The van der Waals surface area contributed by atoms with Crippen molar-refractivity contribution >= 4 is 12.1 Å². The Bertz CT molecular complexity index is 1110. The third kappa shape index (κ3) is 6.35. The number of benzene rings is 3. The van der Waals surface area contributed by atoms with Gasteiger partial charge in [0.05, 0.1) is 13.0 Å². The highest BCUT2D eigenvalue weighted by Crippen LogP contribution is 2.29. The number of carboxylic acid groups (broad SMARTS) is 1. The minimum absolute atomic E-state index is 0.196. The van der Waals surface area contributed by atoms with Gasteiger partial charge in [-0.25, -0.2) is 4.79 Å². The summed E-state index contributed by atoms with van der Waals surface area (Å²) in [5.41, 5.74) is 5.47. The lowest BCUT2D eigenvalue weighted by Gasteiger charge is -2.14. The first kappa shape index (κ1) is 23.9. The molecule has 6 nitrogen and oxygen atoms in total. The Balaban J connectivity index is 1.67. The minimum atomic E-state index is -0.869. The summed E-state index contributed by atoms with van der Waals surface area (Å²) in [6, 6.07) is 21.1. The van der Waals surface area contributed by atoms with Gasteiger partial charge in [-0.3, -0.25) is 4.79 Å². The van der Waals surface area contributed by atoms with Gasteiger partial charge in [-0.1, -0.05) is 61.5 Å². The van der Waals surface area contributed by atoms with Crippen LogP contribution in [0.5, 0.6) is 5.75 Å². The van der Waals surface area contributed by atoms with E-state index in [1.54, 1.807) is 20.1 Å². The normalized spacial score (nSPS) is 11.5. The summed E-state index contributed by atoms with van der Waals surface area (Å²) in [6.45, 7) is 4.18. The van der Waals surface area contributed by atoms with Crippen molar-refractivity contribution in [3.63, 3.8) is 0 Å². The number of hydrogen-bond donors (Lipinski definition) is 2. The minimum Gasteiger partial charge on any atom is -0.496 e. The fourth-order valence-electron chi connectivity index (χ4n) is 3.46. The van der Waals surface area contributed by atoms with E-state index in [1.807, 2.05) is 60.7 Å². The fourth-order valence-corrected chi connectivity index (χ4v) is 3.46. The molecule has 1 atom stereocenters. The first-order valence-electron chi connectivity index (χ1n) is 10.9. The Kier molecular flexibility index (Phi) is 8.08. The third-order valence-electron chi connectivity index (χ3n) is 5.60. The maximum atomic E-state index is 12.2. The lowest BCUT2D eigenvalue weighted by Crippen LogP contribution is -2.24. The number of carbonyl (C=O) groups excluding carboxylic acids is 1. The number of carboxylic acids is 1. The predicted octanol–water partition coefficient (Wildman–Crippen LogP) is 5.54. The Morgan fingerprint density at radius 2 is 1.67 bits per heavy atom. The number of rotatable bonds is 9. The fraction of sp³-hybridized carbons (Fsp3) is 0.259. The Labute approximate surface area is 194 Å². The molecule has 6 heteroatoms. The zero-order chi connectivity index (χ0) is 23.8. The van der Waals surface area contributed by atoms with Gasteiger partial charge in [0, 0.05) is 12.1 Å². The van der Waals surface area contributed by atoms with Crippen molar-refractivity contribution in [2.75, 3.05) is 7.11 Å². The molecule has 0 aliphatic carbocycles. The molecule has 0 saturated heterocycles. The summed E-state index contributed by atoms with van der Waals surface area (Å²) in [5, 5.41) is 12.1. The van der Waals surface area contributed by atoms with Crippen LogP contribution in [0.3, 0.4) is 0 Å². The van der Waals surface area contributed by atoms with Crippen molar-refractivity contribution in [3.8, 4) is 16.9 Å². The molecule has 2 N–H and O–H groups in total. The molecule has 172 valence electrons. The third-order valence-corrected chi connectivity index (χ3v) is 5.60. The van der Waals surface area contributed by atoms with Gasteiger partial charge < -0.3 is 19.9 Å². The standard InChI is InChI=1S/C27H29NO5/c1-4-19-8-10-20(11-9-19)17-33-27(31)28-16-24-15-23(12-13-25(24)32-3)22-7-5-6-21(14-22)18(2)26(29)30/h5-15,18H,4,16-17H2,1-3H3,(H,28,31)(H,29,30). The largest absolute Gasteiger partial charge is 0.496 e. The number of aliphatic carboxylic acids is 1. The van der Waals surface area contributed by atoms with Crippen molar-refractivity contribution in [1.29, 1.82) is 0 Å². The molecule has 0 heterocycles. The Morgan fingerprint density at radius 3 is 2.33 bits per heavy atom. The molecule has 0 saturated carbocycles. The molecule has 0 aromatic heterocycles. The van der Waals surface area contributed by atoms with Gasteiger partial charge >= 0.3 is 12.1 Å². The first-order chi connectivity index (χ1) is 15.9. The maximum Gasteiger partial charge on any atom is 0.407 e. The summed E-state index contributed by atoms with van der Waals surface area (Å²) < 4.78 is 10.8. The van der Waals surface area contributed by atoms with Crippen LogP contribution in [0.15, 0.2) is 66.7 Å². The zero-order valence-corrected chi connectivity index (χ0v) is 19.1. The van der Waals surface area contributed by atoms with Crippen LogP contribution in [0.2, 0.25) is 0 Å². The summed E-state index contributed by atoms with van der Waals surface area (Å²) >= 11 is 0. The van der Waals surface area contributed by atoms with E-state index >= 15 is 0 Å². The molecular weight excluding hydrogens is 418 g/mol. The van der Waals surface area contributed by atoms with Crippen LogP contribution in [0.1, 0.15) is 42.0 Å². The summed E-state index contributed by atoms with van der Waals surface area (Å²) in [4.78, 5) is 23.6. The van der Waals surface area contributed by atoms with Crippen LogP contribution < -0.4 is 10.1 Å². The van der Waals surface area contributed by atoms with Gasteiger partial charge in [-0.2, -0.15) is 0 Å². The SMILES string of the molecule is CCc1ccc(COC(=O)NCc2cc(-c3cccc(C(C)C(=O)O)c3)ccc2OC)cc1. The number of hydrogen-bond acceptors (Lipinski definition) is 4. The molecule has 1 amide bonds. The van der Waals surface area contributed by atoms with E-state index in [0.717, 1.165) is 34.2 Å². The van der Waals surface area contributed by atoms with Crippen molar-refractivity contribution in [2.45, 2.75) is 39.3 Å². The molecule has 0 spiro atoms.